The number of rotatable bonds is 9. The lowest BCUT2D eigenvalue weighted by molar-refractivity contribution is -0.276. The Morgan fingerprint density at radius 3 is 1.11 bits per heavy atom. The van der Waals surface area contributed by atoms with Gasteiger partial charge in [-0.2, -0.15) is 0 Å². The van der Waals surface area contributed by atoms with Crippen LogP contribution in [0.5, 0.6) is 0 Å². The van der Waals surface area contributed by atoms with Crippen molar-refractivity contribution in [3.8, 4) is 0 Å². The van der Waals surface area contributed by atoms with Crippen molar-refractivity contribution in [1.29, 1.82) is 0 Å². The van der Waals surface area contributed by atoms with Crippen LogP contribution in [0.15, 0.2) is 140 Å². The number of hydrogen-bond donors (Lipinski definition) is 2. The van der Waals surface area contributed by atoms with E-state index in [1.807, 2.05) is 44.2 Å². The van der Waals surface area contributed by atoms with Gasteiger partial charge in [0.05, 0.1) is 62.3 Å². The second-order valence-corrected chi connectivity index (χ2v) is 50.9. The molecule has 766 valence electrons. The van der Waals surface area contributed by atoms with E-state index in [9.17, 15) is 58.2 Å². The van der Waals surface area contributed by atoms with E-state index in [0.29, 0.717) is 25.7 Å². The van der Waals surface area contributed by atoms with Crippen molar-refractivity contribution >= 4 is 59.5 Å². The smallest absolute Gasteiger partial charge is 0.339 e. The predicted octanol–water partition coefficient (Wildman–Crippen LogP) is 20.2. The number of fused-ring (bicyclic) bond motifs is 16. The second kappa shape index (κ2) is 32.9. The lowest BCUT2D eigenvalue weighted by Crippen LogP contribution is -2.73. The van der Waals surface area contributed by atoms with Crippen LogP contribution in [-0.4, -0.2) is 136 Å². The summed E-state index contributed by atoms with van der Waals surface area (Å²) in [4.78, 5) is 127. The first kappa shape index (κ1) is 101. The van der Waals surface area contributed by atoms with Crippen LogP contribution >= 0.6 is 0 Å². The summed E-state index contributed by atoms with van der Waals surface area (Å²) in [6, 6.07) is 7.42. The van der Waals surface area contributed by atoms with Crippen LogP contribution in [-0.2, 0) is 100 Å². The molecule has 141 heavy (non-hydrogen) atoms. The Bertz CT molecular complexity index is 5810. The maximum atomic E-state index is 13.4. The van der Waals surface area contributed by atoms with E-state index in [1.165, 1.54) is 34.6 Å². The number of furan rings is 4. The number of carbonyl (C=O) groups is 10. The molecule has 27 heteroatoms. The van der Waals surface area contributed by atoms with Crippen molar-refractivity contribution in [3.63, 3.8) is 0 Å². The summed E-state index contributed by atoms with van der Waals surface area (Å²) in [7, 11) is 0. The number of ether oxygens (including phenoxy) is 11. The van der Waals surface area contributed by atoms with Gasteiger partial charge in [-0.15, -0.1) is 0 Å². The van der Waals surface area contributed by atoms with Crippen LogP contribution in [0.3, 0.4) is 0 Å². The number of cyclic esters (lactones) is 4. The molecule has 4 saturated heterocycles. The summed E-state index contributed by atoms with van der Waals surface area (Å²) >= 11 is 0. The fraction of sp³-hybridized carbons (Fsp3) is 0.702. The van der Waals surface area contributed by atoms with Crippen LogP contribution in [0.1, 0.15) is 322 Å². The topological polar surface area (TPSA) is 372 Å². The van der Waals surface area contributed by atoms with Gasteiger partial charge in [0.1, 0.15) is 66.1 Å². The van der Waals surface area contributed by atoms with Gasteiger partial charge in [0.25, 0.3) is 0 Å². The molecular weight excluding hydrogens is 1800 g/mol. The fourth-order valence-corrected chi connectivity index (χ4v) is 36.6. The molecule has 0 radical (unpaired) electrons. The zero-order valence-corrected chi connectivity index (χ0v) is 86.9. The number of aliphatic hydroxyl groups excluding tert-OH is 2. The van der Waals surface area contributed by atoms with Gasteiger partial charge in [0, 0.05) is 123 Å². The zero-order chi connectivity index (χ0) is 102. The average Bonchev–Trinajstić information content (AvgIpc) is 1.46. The number of carbonyl (C=O) groups excluding carboxylic acids is 10. The third-order valence-corrected chi connectivity index (χ3v) is 43.2. The van der Waals surface area contributed by atoms with Gasteiger partial charge in [-0.1, -0.05) is 157 Å². The van der Waals surface area contributed by atoms with Crippen LogP contribution in [0, 0.1) is 134 Å². The number of allylic oxidation sites excluding steroid dienone is 3. The summed E-state index contributed by atoms with van der Waals surface area (Å²) in [5, 5.41) is 21.8. The first-order chi connectivity index (χ1) is 65.8. The number of aliphatic hydroxyl groups is 2. The van der Waals surface area contributed by atoms with E-state index in [0.717, 1.165) is 110 Å². The van der Waals surface area contributed by atoms with Gasteiger partial charge < -0.3 is 80.0 Å². The van der Waals surface area contributed by atoms with Gasteiger partial charge in [-0.25, -0.2) is 19.2 Å². The summed E-state index contributed by atoms with van der Waals surface area (Å²) < 4.78 is 88.7. The van der Waals surface area contributed by atoms with E-state index in [1.54, 1.807) is 68.3 Å². The Morgan fingerprint density at radius 2 is 0.709 bits per heavy atom. The summed E-state index contributed by atoms with van der Waals surface area (Å²) in [6.45, 7) is 50.8. The molecule has 35 atom stereocenters. The van der Waals surface area contributed by atoms with Crippen LogP contribution in [0.25, 0.3) is 0 Å². The first-order valence-corrected chi connectivity index (χ1v) is 51.6. The van der Waals surface area contributed by atoms with Crippen molar-refractivity contribution in [2.45, 2.75) is 366 Å². The van der Waals surface area contributed by atoms with Crippen molar-refractivity contribution in [2.24, 2.45) is 134 Å². The molecule has 4 aromatic rings. The Labute approximate surface area is 827 Å². The molecule has 27 nitrogen and oxygen atoms in total. The van der Waals surface area contributed by atoms with E-state index >= 15 is 0 Å². The first-order valence-electron chi connectivity index (χ1n) is 51.6. The molecule has 22 rings (SSSR count). The molecule has 2 N–H and O–H groups in total. The predicted molar refractivity (Wildman–Crippen MR) is 509 cm³/mol. The molecule has 0 aromatic carbocycles. The third kappa shape index (κ3) is 13.8. The van der Waals surface area contributed by atoms with Gasteiger partial charge in [-0.05, 0) is 224 Å². The highest BCUT2D eigenvalue weighted by molar-refractivity contribution is 5.96. The molecule has 0 bridgehead atoms. The Morgan fingerprint density at radius 1 is 0.355 bits per heavy atom. The minimum Gasteiger partial charge on any atom is -0.472 e. The van der Waals surface area contributed by atoms with Crippen LogP contribution in [0.2, 0.25) is 0 Å². The molecule has 10 unspecified atom stereocenters. The number of esters is 9. The van der Waals surface area contributed by atoms with Gasteiger partial charge in [0.15, 0.2) is 18.0 Å². The van der Waals surface area contributed by atoms with Gasteiger partial charge in [-0.3, -0.25) is 28.8 Å². The van der Waals surface area contributed by atoms with E-state index in [2.05, 4.69) is 137 Å². The SMILES string of the molecule is CC(=O)O[C@@H]1CC2C(C)(C)C(=O)C=C[C@]2(C)C2CC[C@]3(C)C(=CC(=O)O[C@H]3c3ccoc3)[C@@]21C.CC(=O)O[C@@H]1CC2C(C)(C)[C@H](O)C=C[C@]2(C)C2CC[C@]3(C)C(=CC(=O)O[C@H]3c3ccoc3)[C@@]21C.CC(=O)O[C@@H]1CC2C(C)(C)[C@H](O)CC[C@]2(C)C2CC[C@@]3(C)[C@H](c4ccoc4)OC(=O)C4OC43[C@@]21C.CC(=O)O[C@H]1CC[C@@]2(C)C(C[C@@H](OC(C)=O)[C@]3(C)C2CC[C@@]2(C)[C@H](c4ccoc4)OC(=O)[C@H]4O[C@]423)C1(C)C. The molecule has 18 aliphatic rings. The number of ketones is 1. The van der Waals surface area contributed by atoms with E-state index < -0.39 is 133 Å². The average molecular weight is 1950 g/mol. The lowest BCUT2D eigenvalue weighted by Gasteiger charge is -2.70. The van der Waals surface area contributed by atoms with Crippen molar-refractivity contribution in [1.82, 2.24) is 0 Å². The van der Waals surface area contributed by atoms with Crippen molar-refractivity contribution in [2.75, 3.05) is 0 Å². The summed E-state index contributed by atoms with van der Waals surface area (Å²) in [5.41, 5.74) is -2.85. The number of hydrogen-bond acceptors (Lipinski definition) is 27. The fourth-order valence-electron chi connectivity index (χ4n) is 36.6. The second-order valence-electron chi connectivity index (χ2n) is 50.9. The monoisotopic (exact) mass is 1950 g/mol. The molecular formula is C114H148O27. The summed E-state index contributed by atoms with van der Waals surface area (Å²) in [6.07, 6.45) is 30.7. The Kier molecular flexibility index (Phi) is 23.5. The standard InChI is InChI=1S/C30H40O8.C28H38O7.C28H36O6.C28H34O6/c1-16(31)35-21-9-11-27(5)19-8-12-28(6)23(18-10-13-34-15-18)37-25(33)24-30(28,38-24)29(19,7)22(36-17(2)32)14-20(27)26(21,3)4;1-15(29)33-20-13-18-24(2,3)19(30)8-10-25(18,4)17-7-11-26(5)21(16-9-12-32-14-16)34-23(31)22-28(26,35-22)27(17,20)6;2*1-16(29)33-22-13-19-25(2,3)21(30)8-11-26(19,4)18-7-10-27(5)20(28(18,22)6)14-23(31)34-24(27)17-9-12-32-15-17/h10,13,15,19-24H,8-9,11-12,14H2,1-7H3;9,12,14,17-22,30H,7-8,10-11,13H2,1-6H3;8-9,11-12,14-15,18-19,21-22,24,30H,7,10,13H2,1-6H3;8-9,11-12,14-15,18-19,22,24H,7,10,13H2,1-6H3/t19?,20?,21-,22+,23-,24+,27+,28-,29-,30+;17?,18?,19-,20-,21+,22?,25-,26+,27+,28?;18?,19?,21-,22-,24+,26-,27-,28-;18?,19?,22-,24+,26-,27-,28-/m0111/s1. The Balaban J connectivity index is 0.000000120. The normalized spacial score (nSPS) is 46.9. The van der Waals surface area contributed by atoms with E-state index in [-0.39, 0.29) is 151 Å². The molecule has 4 aromatic heterocycles. The summed E-state index contributed by atoms with van der Waals surface area (Å²) in [5.74, 6) is -1.97. The molecule has 10 saturated carbocycles. The van der Waals surface area contributed by atoms with Gasteiger partial charge in [0.2, 0.25) is 0 Å². The lowest BCUT2D eigenvalue weighted by atomic mass is 9.34. The molecule has 6 aliphatic heterocycles. The van der Waals surface area contributed by atoms with Crippen molar-refractivity contribution in [3.05, 3.63) is 144 Å². The molecule has 14 fully saturated rings. The molecule has 0 amide bonds. The molecule has 10 heterocycles. The highest BCUT2D eigenvalue weighted by Gasteiger charge is 2.91. The molecule has 12 aliphatic carbocycles. The van der Waals surface area contributed by atoms with Crippen LogP contribution in [0.4, 0.5) is 0 Å². The third-order valence-electron chi connectivity index (χ3n) is 43.2. The van der Waals surface area contributed by atoms with Crippen LogP contribution < -0.4 is 0 Å². The molecule has 2 spiro atoms. The minimum atomic E-state index is -0.828. The highest BCUT2D eigenvalue weighted by Crippen LogP contribution is 2.84. The maximum absolute atomic E-state index is 13.4. The number of epoxide rings is 2. The van der Waals surface area contributed by atoms with Crippen molar-refractivity contribution < 1.29 is 128 Å². The minimum absolute atomic E-state index is 0.0186. The maximum Gasteiger partial charge on any atom is 0.339 e. The highest BCUT2D eigenvalue weighted by atomic mass is 16.7. The Hall–Kier alpha value is -9.18. The largest absolute Gasteiger partial charge is 0.472 e. The quantitative estimate of drug-likeness (QED) is 0.0680. The zero-order valence-electron chi connectivity index (χ0n) is 86.9. The van der Waals surface area contributed by atoms with Gasteiger partial charge >= 0.3 is 53.7 Å². The van der Waals surface area contributed by atoms with E-state index in [4.69, 9.17) is 69.8 Å².